The predicted molar refractivity (Wildman–Crippen MR) is 62.6 cm³/mol. The zero-order chi connectivity index (χ0) is 12.3. The van der Waals surface area contributed by atoms with Gasteiger partial charge in [0.1, 0.15) is 5.38 Å². The minimum Gasteiger partial charge on any atom is -0.481 e. The average molecular weight is 255 g/mol. The molecule has 2 aromatic heterocycles. The van der Waals surface area contributed by atoms with Crippen molar-refractivity contribution < 1.29 is 9.15 Å². The number of methoxy groups -OCH3 is 1. The second-order valence-electron chi connectivity index (χ2n) is 3.28. The van der Waals surface area contributed by atoms with Crippen molar-refractivity contribution in [3.8, 4) is 5.88 Å². The summed E-state index contributed by atoms with van der Waals surface area (Å²) in [5, 5.41) is 10.2. The molecule has 0 saturated carbocycles. The van der Waals surface area contributed by atoms with Gasteiger partial charge in [0.2, 0.25) is 11.8 Å². The third-order valence-electron chi connectivity index (χ3n) is 1.98. The Hall–Kier alpha value is -1.82. The Bertz CT molecular complexity index is 483. The van der Waals surface area contributed by atoms with Crippen LogP contribution in [0.4, 0.5) is 11.7 Å². The Morgan fingerprint density at radius 3 is 2.76 bits per heavy atom. The van der Waals surface area contributed by atoms with Crippen molar-refractivity contribution in [3.05, 3.63) is 24.2 Å². The van der Waals surface area contributed by atoms with Crippen LogP contribution in [-0.2, 0) is 0 Å². The quantitative estimate of drug-likeness (QED) is 0.845. The van der Waals surface area contributed by atoms with Crippen LogP contribution in [0.5, 0.6) is 5.88 Å². The van der Waals surface area contributed by atoms with Gasteiger partial charge in [0.25, 0.3) is 0 Å². The van der Waals surface area contributed by atoms with Crippen molar-refractivity contribution in [3.63, 3.8) is 0 Å². The lowest BCUT2D eigenvalue weighted by Crippen LogP contribution is -1.92. The summed E-state index contributed by atoms with van der Waals surface area (Å²) in [7, 11) is 1.56. The molecule has 1 atom stereocenters. The minimum atomic E-state index is -0.313. The molecule has 0 radical (unpaired) electrons. The van der Waals surface area contributed by atoms with Gasteiger partial charge < -0.3 is 14.5 Å². The zero-order valence-corrected chi connectivity index (χ0v) is 10.1. The molecule has 2 aromatic rings. The third kappa shape index (κ3) is 2.85. The topological polar surface area (TPSA) is 73.1 Å². The van der Waals surface area contributed by atoms with Crippen molar-refractivity contribution in [1.82, 2.24) is 15.2 Å². The Balaban J connectivity index is 2.08. The van der Waals surface area contributed by atoms with Crippen LogP contribution in [0.3, 0.4) is 0 Å². The highest BCUT2D eigenvalue weighted by atomic mass is 35.5. The lowest BCUT2D eigenvalue weighted by Gasteiger charge is -2.01. The number of aromatic nitrogens is 3. The lowest BCUT2D eigenvalue weighted by molar-refractivity contribution is 0.398. The summed E-state index contributed by atoms with van der Waals surface area (Å²) in [5.41, 5.74) is 0.725. The highest BCUT2D eigenvalue weighted by Gasteiger charge is 2.11. The molecule has 6 nitrogen and oxygen atoms in total. The average Bonchev–Trinajstić information content (AvgIpc) is 2.79. The zero-order valence-electron chi connectivity index (χ0n) is 9.35. The predicted octanol–water partition coefficient (Wildman–Crippen LogP) is 2.52. The van der Waals surface area contributed by atoms with E-state index in [1.807, 2.05) is 0 Å². The van der Waals surface area contributed by atoms with Crippen LogP contribution in [0.2, 0.25) is 0 Å². The summed E-state index contributed by atoms with van der Waals surface area (Å²) in [6.45, 7) is 1.76. The minimum absolute atomic E-state index is 0.277. The fraction of sp³-hybridized carbons (Fsp3) is 0.300. The number of pyridine rings is 1. The van der Waals surface area contributed by atoms with E-state index < -0.39 is 0 Å². The van der Waals surface area contributed by atoms with E-state index in [4.69, 9.17) is 20.8 Å². The van der Waals surface area contributed by atoms with Crippen LogP contribution in [0.15, 0.2) is 22.7 Å². The molecule has 90 valence electrons. The molecule has 0 aliphatic carbocycles. The highest BCUT2D eigenvalue weighted by molar-refractivity contribution is 6.20. The van der Waals surface area contributed by atoms with E-state index in [0.717, 1.165) is 5.69 Å². The number of alkyl halides is 1. The molecule has 0 bridgehead atoms. The van der Waals surface area contributed by atoms with Crippen molar-refractivity contribution in [2.75, 3.05) is 12.4 Å². The molecule has 7 heteroatoms. The van der Waals surface area contributed by atoms with Gasteiger partial charge in [0.05, 0.1) is 19.0 Å². The fourth-order valence-electron chi connectivity index (χ4n) is 1.14. The third-order valence-corrected chi connectivity index (χ3v) is 2.16. The highest BCUT2D eigenvalue weighted by Crippen LogP contribution is 2.21. The molecule has 2 rings (SSSR count). The molecular formula is C10H11ClN4O2. The van der Waals surface area contributed by atoms with Crippen LogP contribution < -0.4 is 10.1 Å². The first kappa shape index (κ1) is 11.7. The van der Waals surface area contributed by atoms with Gasteiger partial charge in [0, 0.05) is 6.07 Å². The number of halogens is 1. The Kier molecular flexibility index (Phi) is 3.43. The second kappa shape index (κ2) is 5.01. The summed E-state index contributed by atoms with van der Waals surface area (Å²) in [5.74, 6) is 0.909. The first-order chi connectivity index (χ1) is 8.19. The van der Waals surface area contributed by atoms with E-state index in [2.05, 4.69) is 20.5 Å². The molecule has 17 heavy (non-hydrogen) atoms. The van der Waals surface area contributed by atoms with Crippen LogP contribution in [0.25, 0.3) is 0 Å². The standard InChI is InChI=1S/C10H11ClN4O2/c1-6(11)9-14-15-10(17-9)13-7-3-4-8(16-2)12-5-7/h3-6H,1-2H3,(H,13,15). The first-order valence-corrected chi connectivity index (χ1v) is 5.37. The molecule has 0 saturated heterocycles. The summed E-state index contributed by atoms with van der Waals surface area (Å²) < 4.78 is 10.2. The Morgan fingerprint density at radius 1 is 1.41 bits per heavy atom. The van der Waals surface area contributed by atoms with Gasteiger partial charge in [-0.2, -0.15) is 0 Å². The Labute approximate surface area is 103 Å². The van der Waals surface area contributed by atoms with Gasteiger partial charge in [-0.15, -0.1) is 16.7 Å². The van der Waals surface area contributed by atoms with E-state index >= 15 is 0 Å². The number of ether oxygens (including phenoxy) is 1. The molecule has 2 heterocycles. The van der Waals surface area contributed by atoms with Gasteiger partial charge in [-0.3, -0.25) is 0 Å². The van der Waals surface area contributed by atoms with E-state index in [9.17, 15) is 0 Å². The van der Waals surface area contributed by atoms with Crippen molar-refractivity contribution in [2.24, 2.45) is 0 Å². The molecule has 0 aromatic carbocycles. The summed E-state index contributed by atoms with van der Waals surface area (Å²) >= 11 is 5.81. The number of hydrogen-bond acceptors (Lipinski definition) is 6. The van der Waals surface area contributed by atoms with Gasteiger partial charge in [-0.05, 0) is 13.0 Å². The first-order valence-electron chi connectivity index (χ1n) is 4.93. The number of hydrogen-bond donors (Lipinski definition) is 1. The Morgan fingerprint density at radius 2 is 2.24 bits per heavy atom. The van der Waals surface area contributed by atoms with Crippen LogP contribution in [0.1, 0.15) is 18.2 Å². The molecule has 0 spiro atoms. The van der Waals surface area contributed by atoms with Gasteiger partial charge in [-0.1, -0.05) is 5.10 Å². The van der Waals surface area contributed by atoms with E-state index in [0.29, 0.717) is 11.8 Å². The van der Waals surface area contributed by atoms with Crippen molar-refractivity contribution in [1.29, 1.82) is 0 Å². The monoisotopic (exact) mass is 254 g/mol. The maximum Gasteiger partial charge on any atom is 0.320 e. The second-order valence-corrected chi connectivity index (χ2v) is 3.93. The van der Waals surface area contributed by atoms with E-state index in [1.54, 1.807) is 32.4 Å². The van der Waals surface area contributed by atoms with E-state index in [-0.39, 0.29) is 11.4 Å². The molecule has 1 unspecified atom stereocenters. The maximum atomic E-state index is 5.81. The molecule has 0 fully saturated rings. The van der Waals surface area contributed by atoms with Crippen molar-refractivity contribution in [2.45, 2.75) is 12.3 Å². The summed E-state index contributed by atoms with van der Waals surface area (Å²) in [6, 6.07) is 3.79. The number of nitrogens with one attached hydrogen (secondary N) is 1. The normalized spacial score (nSPS) is 12.2. The molecule has 0 aliphatic heterocycles. The summed E-state index contributed by atoms with van der Waals surface area (Å²) in [4.78, 5) is 4.03. The van der Waals surface area contributed by atoms with Gasteiger partial charge in [0.15, 0.2) is 0 Å². The van der Waals surface area contributed by atoms with Gasteiger partial charge >= 0.3 is 6.01 Å². The number of anilines is 2. The lowest BCUT2D eigenvalue weighted by atomic mass is 10.4. The van der Waals surface area contributed by atoms with Gasteiger partial charge in [-0.25, -0.2) is 4.98 Å². The molecule has 1 N–H and O–H groups in total. The largest absolute Gasteiger partial charge is 0.481 e. The fourth-order valence-corrected chi connectivity index (χ4v) is 1.23. The molecule has 0 aliphatic rings. The van der Waals surface area contributed by atoms with E-state index in [1.165, 1.54) is 0 Å². The van der Waals surface area contributed by atoms with Crippen LogP contribution in [-0.4, -0.2) is 22.3 Å². The molecule has 0 amide bonds. The smallest absolute Gasteiger partial charge is 0.320 e. The van der Waals surface area contributed by atoms with Crippen LogP contribution >= 0.6 is 11.6 Å². The number of nitrogens with zero attached hydrogens (tertiary/aromatic N) is 3. The summed E-state index contributed by atoms with van der Waals surface area (Å²) in [6.07, 6.45) is 1.60. The number of rotatable bonds is 4. The maximum absolute atomic E-state index is 5.81. The SMILES string of the molecule is COc1ccc(Nc2nnc(C(C)Cl)o2)cn1. The van der Waals surface area contributed by atoms with Crippen LogP contribution in [0, 0.1) is 0 Å². The molecular weight excluding hydrogens is 244 g/mol. The van der Waals surface area contributed by atoms with Crippen molar-refractivity contribution >= 4 is 23.3 Å².